The van der Waals surface area contributed by atoms with Crippen LogP contribution in [0.1, 0.15) is 30.3 Å². The zero-order valence-electron chi connectivity index (χ0n) is 10.8. The molecule has 4 heteroatoms. The van der Waals surface area contributed by atoms with Gasteiger partial charge in [-0.25, -0.2) is 4.98 Å². The minimum absolute atomic E-state index is 0.0878. The number of benzene rings is 1. The highest BCUT2D eigenvalue weighted by Crippen LogP contribution is 2.18. The van der Waals surface area contributed by atoms with Gasteiger partial charge in [0.1, 0.15) is 11.7 Å². The van der Waals surface area contributed by atoms with E-state index in [4.69, 9.17) is 11.1 Å². The van der Waals surface area contributed by atoms with E-state index in [0.29, 0.717) is 0 Å². The Balaban J connectivity index is 2.56. The second-order valence-electron chi connectivity index (χ2n) is 4.40. The number of nitrogens with one attached hydrogen (secondary N) is 1. The van der Waals surface area contributed by atoms with Crippen molar-refractivity contribution >= 4 is 5.84 Å². The zero-order chi connectivity index (χ0) is 13.1. The fraction of sp³-hybridized carbons (Fsp3) is 0.286. The molecule has 0 fully saturated rings. The summed E-state index contributed by atoms with van der Waals surface area (Å²) in [5.74, 6) is 1.09. The molecule has 0 radical (unpaired) electrons. The summed E-state index contributed by atoms with van der Waals surface area (Å²) in [6.07, 6.45) is 5.66. The number of aromatic nitrogens is 2. The molecule has 94 valence electrons. The first-order valence-corrected chi connectivity index (χ1v) is 6.11. The predicted octanol–water partition coefficient (Wildman–Crippen LogP) is 2.42. The van der Waals surface area contributed by atoms with Gasteiger partial charge < -0.3 is 10.3 Å². The van der Waals surface area contributed by atoms with Gasteiger partial charge in [-0.15, -0.1) is 0 Å². The van der Waals surface area contributed by atoms with E-state index in [-0.39, 0.29) is 5.84 Å². The van der Waals surface area contributed by atoms with E-state index < -0.39 is 0 Å². The van der Waals surface area contributed by atoms with Crippen LogP contribution in [0.3, 0.4) is 0 Å². The maximum Gasteiger partial charge on any atom is 0.124 e. The smallest absolute Gasteiger partial charge is 0.124 e. The highest BCUT2D eigenvalue weighted by atomic mass is 15.1. The summed E-state index contributed by atoms with van der Waals surface area (Å²) < 4.78 is 2.01. The first-order valence-electron chi connectivity index (χ1n) is 6.11. The van der Waals surface area contributed by atoms with E-state index in [2.05, 4.69) is 11.9 Å². The van der Waals surface area contributed by atoms with Crippen molar-refractivity contribution in [3.8, 4) is 5.69 Å². The van der Waals surface area contributed by atoms with E-state index >= 15 is 0 Å². The summed E-state index contributed by atoms with van der Waals surface area (Å²) in [7, 11) is 0. The van der Waals surface area contributed by atoms with Gasteiger partial charge >= 0.3 is 0 Å². The quantitative estimate of drug-likeness (QED) is 0.638. The normalized spacial score (nSPS) is 10.6. The molecule has 0 aliphatic carbocycles. The Morgan fingerprint density at radius 2 is 2.22 bits per heavy atom. The van der Waals surface area contributed by atoms with E-state index in [0.717, 1.165) is 35.5 Å². The Kier molecular flexibility index (Phi) is 3.46. The number of nitrogens with zero attached hydrogens (tertiary/aromatic N) is 2. The Labute approximate surface area is 107 Å². The molecular formula is C14H18N4. The van der Waals surface area contributed by atoms with E-state index in [1.54, 1.807) is 6.20 Å². The topological polar surface area (TPSA) is 67.7 Å². The Morgan fingerprint density at radius 1 is 1.44 bits per heavy atom. The number of amidine groups is 1. The first kappa shape index (κ1) is 12.4. The van der Waals surface area contributed by atoms with Crippen LogP contribution in [0.4, 0.5) is 0 Å². The van der Waals surface area contributed by atoms with Crippen molar-refractivity contribution in [1.82, 2.24) is 9.55 Å². The fourth-order valence-electron chi connectivity index (χ4n) is 2.04. The second-order valence-corrected chi connectivity index (χ2v) is 4.40. The van der Waals surface area contributed by atoms with E-state index in [1.165, 1.54) is 0 Å². The highest BCUT2D eigenvalue weighted by molar-refractivity contribution is 5.98. The number of aryl methyl sites for hydroxylation is 2. The Hall–Kier alpha value is -2.10. The molecule has 2 rings (SSSR count). The molecule has 0 amide bonds. The molecule has 1 aromatic carbocycles. The molecule has 1 aromatic heterocycles. The summed E-state index contributed by atoms with van der Waals surface area (Å²) in [4.78, 5) is 4.36. The molecule has 3 N–H and O–H groups in total. The third-order valence-electron chi connectivity index (χ3n) is 2.89. The lowest BCUT2D eigenvalue weighted by atomic mass is 10.1. The van der Waals surface area contributed by atoms with Crippen LogP contribution in [0.5, 0.6) is 0 Å². The SMILES string of the molecule is CCCc1nccn1-c1ccc(C)cc1C(=N)N. The summed E-state index contributed by atoms with van der Waals surface area (Å²) in [6.45, 7) is 4.12. The first-order chi connectivity index (χ1) is 8.63. The lowest BCUT2D eigenvalue weighted by molar-refractivity contribution is 0.808. The van der Waals surface area contributed by atoms with Crippen LogP contribution in [0.15, 0.2) is 30.6 Å². The lowest BCUT2D eigenvalue weighted by Crippen LogP contribution is -2.15. The highest BCUT2D eigenvalue weighted by Gasteiger charge is 2.10. The third kappa shape index (κ3) is 2.27. The zero-order valence-corrected chi connectivity index (χ0v) is 10.8. The molecule has 0 bridgehead atoms. The van der Waals surface area contributed by atoms with Crippen LogP contribution < -0.4 is 5.73 Å². The van der Waals surface area contributed by atoms with Crippen molar-refractivity contribution < 1.29 is 0 Å². The van der Waals surface area contributed by atoms with Gasteiger partial charge in [0.2, 0.25) is 0 Å². The number of hydrogen-bond donors (Lipinski definition) is 2. The van der Waals surface area contributed by atoms with Crippen molar-refractivity contribution in [1.29, 1.82) is 5.41 Å². The molecule has 0 saturated heterocycles. The largest absolute Gasteiger partial charge is 0.384 e. The van der Waals surface area contributed by atoms with Gasteiger partial charge in [0.25, 0.3) is 0 Å². The molecule has 0 unspecified atom stereocenters. The maximum absolute atomic E-state index is 7.69. The lowest BCUT2D eigenvalue weighted by Gasteiger charge is -2.12. The van der Waals surface area contributed by atoms with Gasteiger partial charge in [-0.05, 0) is 25.5 Å². The van der Waals surface area contributed by atoms with Crippen LogP contribution in [0, 0.1) is 12.3 Å². The van der Waals surface area contributed by atoms with Crippen molar-refractivity contribution in [3.63, 3.8) is 0 Å². The van der Waals surface area contributed by atoms with Crippen LogP contribution >= 0.6 is 0 Å². The molecule has 4 nitrogen and oxygen atoms in total. The minimum atomic E-state index is 0.0878. The van der Waals surface area contributed by atoms with Gasteiger partial charge in [-0.2, -0.15) is 0 Å². The van der Waals surface area contributed by atoms with E-state index in [1.807, 2.05) is 35.9 Å². The number of nitrogens with two attached hydrogens (primary N) is 1. The second kappa shape index (κ2) is 5.04. The van der Waals surface area contributed by atoms with Gasteiger partial charge in [0, 0.05) is 24.4 Å². The van der Waals surface area contributed by atoms with Crippen molar-refractivity contribution in [2.45, 2.75) is 26.7 Å². The average molecular weight is 242 g/mol. The van der Waals surface area contributed by atoms with Crippen LogP contribution in [0.25, 0.3) is 5.69 Å². The molecule has 0 saturated carbocycles. The summed E-state index contributed by atoms with van der Waals surface area (Å²) in [6, 6.07) is 5.96. The van der Waals surface area contributed by atoms with Gasteiger partial charge in [0.05, 0.1) is 5.69 Å². The summed E-state index contributed by atoms with van der Waals surface area (Å²) in [5, 5.41) is 7.69. The molecule has 0 aliphatic heterocycles. The standard InChI is InChI=1S/C14H18N4/c1-3-4-13-17-7-8-18(13)12-6-5-10(2)9-11(12)14(15)16/h5-9H,3-4H2,1-2H3,(H3,15,16). The number of nitrogen functional groups attached to an aromatic ring is 1. The molecule has 18 heavy (non-hydrogen) atoms. The fourth-order valence-corrected chi connectivity index (χ4v) is 2.04. The van der Waals surface area contributed by atoms with Crippen molar-refractivity contribution in [2.24, 2.45) is 5.73 Å². The van der Waals surface area contributed by atoms with Crippen molar-refractivity contribution in [3.05, 3.63) is 47.5 Å². The molecule has 0 aliphatic rings. The predicted molar refractivity (Wildman–Crippen MR) is 73.3 cm³/mol. The number of hydrogen-bond acceptors (Lipinski definition) is 2. The van der Waals surface area contributed by atoms with Gasteiger partial charge in [-0.1, -0.05) is 18.6 Å². The molecule has 0 spiro atoms. The Bertz CT molecular complexity index is 569. The maximum atomic E-state index is 7.69. The van der Waals surface area contributed by atoms with Gasteiger partial charge in [-0.3, -0.25) is 5.41 Å². The van der Waals surface area contributed by atoms with Crippen molar-refractivity contribution in [2.75, 3.05) is 0 Å². The molecule has 2 aromatic rings. The number of rotatable bonds is 4. The summed E-state index contributed by atoms with van der Waals surface area (Å²) >= 11 is 0. The van der Waals surface area contributed by atoms with E-state index in [9.17, 15) is 0 Å². The van der Waals surface area contributed by atoms with Crippen LogP contribution in [-0.2, 0) is 6.42 Å². The molecule has 0 atom stereocenters. The minimum Gasteiger partial charge on any atom is -0.384 e. The van der Waals surface area contributed by atoms with Crippen LogP contribution in [0.2, 0.25) is 0 Å². The number of imidazole rings is 1. The average Bonchev–Trinajstić information content (AvgIpc) is 2.77. The van der Waals surface area contributed by atoms with Gasteiger partial charge in [0.15, 0.2) is 0 Å². The third-order valence-corrected chi connectivity index (χ3v) is 2.89. The molecular weight excluding hydrogens is 224 g/mol. The van der Waals surface area contributed by atoms with Crippen LogP contribution in [-0.4, -0.2) is 15.4 Å². The summed E-state index contributed by atoms with van der Waals surface area (Å²) in [5.41, 5.74) is 8.44. The molecule has 1 heterocycles. The Morgan fingerprint density at radius 3 is 2.89 bits per heavy atom. The monoisotopic (exact) mass is 242 g/mol.